The Morgan fingerprint density at radius 1 is 1.24 bits per heavy atom. The second-order valence-electron chi connectivity index (χ2n) is 7.09. The number of amides is 3. The number of carbonyl (C=O) groups is 2. The molecule has 0 radical (unpaired) electrons. The topological polar surface area (TPSA) is 73.5 Å². The predicted octanol–water partition coefficient (Wildman–Crippen LogP) is 2.04. The number of rotatable bonds is 5. The number of nitrogens with one attached hydrogen (secondary N) is 3. The maximum absolute atomic E-state index is 12.8. The minimum Gasteiger partial charge on any atom is -0.338 e. The molecule has 3 amide bonds. The molecule has 2 atom stereocenters. The van der Waals surface area contributed by atoms with Crippen molar-refractivity contribution in [1.82, 2.24) is 15.5 Å². The van der Waals surface area contributed by atoms with Gasteiger partial charge in [-0.15, -0.1) is 0 Å². The number of carbonyl (C=O) groups excluding carboxylic acids is 2. The molecule has 0 aromatic heterocycles. The van der Waals surface area contributed by atoms with E-state index in [1.54, 1.807) is 0 Å². The average molecular weight is 344 g/mol. The number of likely N-dealkylation sites (tertiary alicyclic amines) is 1. The van der Waals surface area contributed by atoms with Crippen molar-refractivity contribution in [2.24, 2.45) is 11.8 Å². The normalized spacial score (nSPS) is 22.0. The van der Waals surface area contributed by atoms with Crippen molar-refractivity contribution in [1.29, 1.82) is 0 Å². The van der Waals surface area contributed by atoms with Crippen LogP contribution in [0.4, 0.5) is 10.5 Å². The standard InChI is InChI=1S/C19H28N4O2/c1-14(15-11-20-12-15)18(24)23-10-6-5-9-17(23)13-21-19(25)22-16-7-3-2-4-8-16/h2-4,7-8,14-15,17,20H,5-6,9-13H2,1H3,(H2,21,22,25). The molecule has 1 aromatic rings. The van der Waals surface area contributed by atoms with Crippen molar-refractivity contribution in [2.75, 3.05) is 31.5 Å². The molecule has 0 saturated carbocycles. The summed E-state index contributed by atoms with van der Waals surface area (Å²) in [6, 6.07) is 9.25. The Kier molecular flexibility index (Phi) is 5.91. The highest BCUT2D eigenvalue weighted by atomic mass is 16.2. The van der Waals surface area contributed by atoms with Crippen LogP contribution < -0.4 is 16.0 Å². The van der Waals surface area contributed by atoms with Gasteiger partial charge < -0.3 is 20.9 Å². The number of para-hydroxylation sites is 1. The second kappa shape index (κ2) is 8.34. The zero-order chi connectivity index (χ0) is 17.6. The summed E-state index contributed by atoms with van der Waals surface area (Å²) in [4.78, 5) is 26.9. The Morgan fingerprint density at radius 2 is 2.00 bits per heavy atom. The molecule has 0 aliphatic carbocycles. The first-order chi connectivity index (χ1) is 12.1. The molecule has 136 valence electrons. The SMILES string of the molecule is CC(C(=O)N1CCCCC1CNC(=O)Nc1ccccc1)C1CNC1. The zero-order valence-corrected chi connectivity index (χ0v) is 14.8. The third-order valence-corrected chi connectivity index (χ3v) is 5.35. The van der Waals surface area contributed by atoms with Gasteiger partial charge in [-0.05, 0) is 50.4 Å². The first-order valence-corrected chi connectivity index (χ1v) is 9.26. The Labute approximate surface area is 149 Å². The van der Waals surface area contributed by atoms with Crippen LogP contribution in [0.5, 0.6) is 0 Å². The lowest BCUT2D eigenvalue weighted by Gasteiger charge is -2.40. The highest BCUT2D eigenvalue weighted by molar-refractivity contribution is 5.89. The number of benzene rings is 1. The fourth-order valence-corrected chi connectivity index (χ4v) is 3.54. The van der Waals surface area contributed by atoms with Gasteiger partial charge in [-0.2, -0.15) is 0 Å². The zero-order valence-electron chi connectivity index (χ0n) is 14.8. The molecule has 3 rings (SSSR count). The fraction of sp³-hybridized carbons (Fsp3) is 0.579. The van der Waals surface area contributed by atoms with E-state index >= 15 is 0 Å². The van der Waals surface area contributed by atoms with Crippen LogP contribution in [-0.2, 0) is 4.79 Å². The van der Waals surface area contributed by atoms with Crippen LogP contribution in [-0.4, -0.2) is 49.1 Å². The first-order valence-electron chi connectivity index (χ1n) is 9.26. The van der Waals surface area contributed by atoms with Crippen molar-refractivity contribution in [3.63, 3.8) is 0 Å². The quantitative estimate of drug-likeness (QED) is 0.765. The fourth-order valence-electron chi connectivity index (χ4n) is 3.54. The Bertz CT molecular complexity index is 588. The predicted molar refractivity (Wildman–Crippen MR) is 98.3 cm³/mol. The molecule has 2 unspecified atom stereocenters. The van der Waals surface area contributed by atoms with Gasteiger partial charge in [0.25, 0.3) is 0 Å². The molecule has 6 heteroatoms. The van der Waals surface area contributed by atoms with E-state index in [4.69, 9.17) is 0 Å². The van der Waals surface area contributed by atoms with Gasteiger partial charge in [0.2, 0.25) is 5.91 Å². The number of urea groups is 1. The van der Waals surface area contributed by atoms with E-state index < -0.39 is 0 Å². The first kappa shape index (κ1) is 17.7. The molecule has 0 bridgehead atoms. The highest BCUT2D eigenvalue weighted by Gasteiger charge is 2.35. The van der Waals surface area contributed by atoms with E-state index in [0.29, 0.717) is 12.5 Å². The van der Waals surface area contributed by atoms with Gasteiger partial charge in [0.15, 0.2) is 0 Å². The lowest BCUT2D eigenvalue weighted by atomic mass is 9.86. The van der Waals surface area contributed by atoms with Gasteiger partial charge in [0.05, 0.1) is 0 Å². The molecule has 25 heavy (non-hydrogen) atoms. The van der Waals surface area contributed by atoms with Crippen molar-refractivity contribution >= 4 is 17.6 Å². The summed E-state index contributed by atoms with van der Waals surface area (Å²) in [5, 5.41) is 8.99. The van der Waals surface area contributed by atoms with Crippen LogP contribution >= 0.6 is 0 Å². The third kappa shape index (κ3) is 4.51. The molecular weight excluding hydrogens is 316 g/mol. The van der Waals surface area contributed by atoms with Gasteiger partial charge in [-0.25, -0.2) is 4.79 Å². The molecule has 2 heterocycles. The van der Waals surface area contributed by atoms with Crippen LogP contribution in [0.1, 0.15) is 26.2 Å². The molecule has 2 aliphatic heterocycles. The Hall–Kier alpha value is -2.08. The summed E-state index contributed by atoms with van der Waals surface area (Å²) in [7, 11) is 0. The van der Waals surface area contributed by atoms with Gasteiger partial charge in [0, 0.05) is 30.7 Å². The lowest BCUT2D eigenvalue weighted by Crippen LogP contribution is -2.55. The molecule has 0 spiro atoms. The number of anilines is 1. The molecule has 2 aliphatic rings. The highest BCUT2D eigenvalue weighted by Crippen LogP contribution is 2.24. The van der Waals surface area contributed by atoms with Gasteiger partial charge in [0.1, 0.15) is 0 Å². The molecule has 2 fully saturated rings. The minimum atomic E-state index is -0.222. The Balaban J connectivity index is 1.52. The van der Waals surface area contributed by atoms with E-state index in [1.165, 1.54) is 0 Å². The summed E-state index contributed by atoms with van der Waals surface area (Å²) in [6.45, 7) is 5.21. The largest absolute Gasteiger partial charge is 0.338 e. The van der Waals surface area contributed by atoms with Crippen molar-refractivity contribution < 1.29 is 9.59 Å². The molecule has 3 N–H and O–H groups in total. The molecule has 6 nitrogen and oxygen atoms in total. The van der Waals surface area contributed by atoms with E-state index in [9.17, 15) is 9.59 Å². The maximum Gasteiger partial charge on any atom is 0.319 e. The molecular formula is C19H28N4O2. The monoisotopic (exact) mass is 344 g/mol. The van der Waals surface area contributed by atoms with E-state index in [2.05, 4.69) is 16.0 Å². The number of nitrogens with zero attached hydrogens (tertiary/aromatic N) is 1. The molecule has 2 saturated heterocycles. The van der Waals surface area contributed by atoms with E-state index in [-0.39, 0.29) is 23.9 Å². The summed E-state index contributed by atoms with van der Waals surface area (Å²) in [5.41, 5.74) is 0.766. The van der Waals surface area contributed by atoms with Crippen LogP contribution in [0, 0.1) is 11.8 Å². The van der Waals surface area contributed by atoms with Crippen LogP contribution in [0.2, 0.25) is 0 Å². The smallest absolute Gasteiger partial charge is 0.319 e. The van der Waals surface area contributed by atoms with Gasteiger partial charge >= 0.3 is 6.03 Å². The van der Waals surface area contributed by atoms with Crippen molar-refractivity contribution in [2.45, 2.75) is 32.2 Å². The van der Waals surface area contributed by atoms with E-state index in [1.807, 2.05) is 42.2 Å². The second-order valence-corrected chi connectivity index (χ2v) is 7.09. The van der Waals surface area contributed by atoms with Crippen molar-refractivity contribution in [3.8, 4) is 0 Å². The van der Waals surface area contributed by atoms with E-state index in [0.717, 1.165) is 44.6 Å². The summed E-state index contributed by atoms with van der Waals surface area (Å²) in [6.07, 6.45) is 3.11. The van der Waals surface area contributed by atoms with Gasteiger partial charge in [-0.3, -0.25) is 4.79 Å². The summed E-state index contributed by atoms with van der Waals surface area (Å²) in [5.74, 6) is 0.742. The summed E-state index contributed by atoms with van der Waals surface area (Å²) >= 11 is 0. The van der Waals surface area contributed by atoms with Crippen molar-refractivity contribution in [3.05, 3.63) is 30.3 Å². The Morgan fingerprint density at radius 3 is 2.68 bits per heavy atom. The van der Waals surface area contributed by atoms with Crippen LogP contribution in [0.3, 0.4) is 0 Å². The maximum atomic E-state index is 12.8. The number of piperidine rings is 1. The van der Waals surface area contributed by atoms with Crippen LogP contribution in [0.15, 0.2) is 30.3 Å². The van der Waals surface area contributed by atoms with Crippen LogP contribution in [0.25, 0.3) is 0 Å². The molecule has 1 aromatic carbocycles. The van der Waals surface area contributed by atoms with Gasteiger partial charge in [-0.1, -0.05) is 25.1 Å². The minimum absolute atomic E-state index is 0.0556. The average Bonchev–Trinajstić information content (AvgIpc) is 2.59. The lowest BCUT2D eigenvalue weighted by molar-refractivity contribution is -0.141. The third-order valence-electron chi connectivity index (χ3n) is 5.35. The summed E-state index contributed by atoms with van der Waals surface area (Å²) < 4.78 is 0. The number of hydrogen-bond donors (Lipinski definition) is 3. The number of hydrogen-bond acceptors (Lipinski definition) is 3.